The van der Waals surface area contributed by atoms with Crippen molar-refractivity contribution in [2.24, 2.45) is 5.73 Å². The Morgan fingerprint density at radius 3 is 1.55 bits per heavy atom. The molecule has 526 valence electrons. The van der Waals surface area contributed by atoms with Gasteiger partial charge in [0, 0.05) is 80.6 Å². The molecule has 0 saturated carbocycles. The molecule has 0 aliphatic carbocycles. The van der Waals surface area contributed by atoms with Crippen LogP contribution in [0, 0.1) is 0 Å². The Balaban J connectivity index is 0.812. The number of hydrogen-bond acceptors (Lipinski definition) is 23. The average Bonchev–Trinajstić information content (AvgIpc) is 0.778. The van der Waals surface area contributed by atoms with E-state index in [1.807, 2.05) is 60.7 Å². The quantitative estimate of drug-likeness (QED) is 0.0201. The molecule has 0 aromatic heterocycles. The molecular formula is C69H88N6O20S2. The Bertz CT molecular complexity index is 3350. The van der Waals surface area contributed by atoms with Gasteiger partial charge in [0.05, 0.1) is 76.2 Å². The number of nitrogens with one attached hydrogen (secondary N) is 5. The molecule has 2 saturated heterocycles. The van der Waals surface area contributed by atoms with E-state index in [1.54, 1.807) is 48.5 Å². The van der Waals surface area contributed by atoms with Gasteiger partial charge in [-0.05, 0) is 102 Å². The third-order valence-electron chi connectivity index (χ3n) is 15.9. The first-order valence-corrected chi connectivity index (χ1v) is 34.2. The second-order valence-corrected chi connectivity index (χ2v) is 25.5. The number of carbonyl (C=O) groups excluding carboxylic acids is 7. The summed E-state index contributed by atoms with van der Waals surface area (Å²) in [7, 11) is 2.21. The minimum absolute atomic E-state index is 0.0230. The lowest BCUT2D eigenvalue weighted by atomic mass is 9.88. The minimum atomic E-state index is -2.27. The number of aliphatic hydroxyl groups excluding tert-OH is 6. The van der Waals surface area contributed by atoms with E-state index in [2.05, 4.69) is 26.6 Å². The van der Waals surface area contributed by atoms with Crippen molar-refractivity contribution in [1.82, 2.24) is 26.6 Å². The maximum atomic E-state index is 13.5. The zero-order valence-corrected chi connectivity index (χ0v) is 56.0. The summed E-state index contributed by atoms with van der Waals surface area (Å²) in [6, 6.07) is 36.0. The smallest absolute Gasteiger partial charge is 0.366 e. The van der Waals surface area contributed by atoms with Gasteiger partial charge in [-0.25, -0.2) is 9.59 Å². The molecule has 2 fully saturated rings. The number of amides is 5. The van der Waals surface area contributed by atoms with Crippen molar-refractivity contribution in [2.75, 3.05) is 89.8 Å². The van der Waals surface area contributed by atoms with Gasteiger partial charge in [-0.1, -0.05) is 84.9 Å². The van der Waals surface area contributed by atoms with Crippen LogP contribution in [0.2, 0.25) is 0 Å². The minimum Gasteiger partial charge on any atom is -0.493 e. The Morgan fingerprint density at radius 2 is 1.04 bits per heavy atom. The van der Waals surface area contributed by atoms with Crippen LogP contribution < -0.4 is 37.1 Å². The normalized spacial score (nSPS) is 21.2. The summed E-state index contributed by atoms with van der Waals surface area (Å²) in [4.78, 5) is 91.7. The van der Waals surface area contributed by atoms with E-state index >= 15 is 0 Å². The van der Waals surface area contributed by atoms with Crippen LogP contribution in [-0.4, -0.2) is 228 Å². The van der Waals surface area contributed by atoms with Crippen molar-refractivity contribution >= 4 is 65.0 Å². The number of aliphatic hydroxyl groups is 6. The molecule has 2 aliphatic heterocycles. The summed E-state index contributed by atoms with van der Waals surface area (Å²) in [5, 5.41) is 80.3. The van der Waals surface area contributed by atoms with Crippen molar-refractivity contribution in [2.45, 2.75) is 112 Å². The molecule has 2 aliphatic rings. The van der Waals surface area contributed by atoms with Crippen LogP contribution in [0.15, 0.2) is 127 Å². The van der Waals surface area contributed by atoms with Crippen LogP contribution in [0.4, 0.5) is 0 Å². The average molecular weight is 1390 g/mol. The first-order chi connectivity index (χ1) is 46.7. The van der Waals surface area contributed by atoms with Crippen LogP contribution in [0.3, 0.4) is 0 Å². The Labute approximate surface area is 571 Å². The monoisotopic (exact) mass is 1380 g/mol. The molecule has 0 unspecified atom stereocenters. The van der Waals surface area contributed by atoms with Gasteiger partial charge >= 0.3 is 11.9 Å². The summed E-state index contributed by atoms with van der Waals surface area (Å²) in [6.45, 7) is 1.20. The summed E-state index contributed by atoms with van der Waals surface area (Å²) in [5.41, 5.74) is 10.5. The van der Waals surface area contributed by atoms with E-state index in [4.69, 9.17) is 38.9 Å². The predicted octanol–water partition coefficient (Wildman–Crippen LogP) is 2.72. The Kier molecular flexibility index (Phi) is 30.5. The third kappa shape index (κ3) is 22.2. The topological polar surface area (TPSA) is 392 Å². The number of carbonyl (C=O) groups is 7. The molecule has 5 amide bonds. The highest BCUT2D eigenvalue weighted by molar-refractivity contribution is 7.99. The van der Waals surface area contributed by atoms with Crippen LogP contribution in [0.25, 0.3) is 22.3 Å². The first kappa shape index (κ1) is 76.8. The van der Waals surface area contributed by atoms with Crippen molar-refractivity contribution < 1.29 is 97.4 Å². The number of nitrogens with two attached hydrogens (primary N) is 1. The van der Waals surface area contributed by atoms with E-state index in [0.29, 0.717) is 54.4 Å². The van der Waals surface area contributed by atoms with Crippen LogP contribution in [0.5, 0.6) is 5.75 Å². The molecule has 0 bridgehead atoms. The molecule has 5 aromatic rings. The highest BCUT2D eigenvalue weighted by Crippen LogP contribution is 2.36. The number of ether oxygens (including phenoxy) is 7. The molecule has 7 rings (SSSR count). The van der Waals surface area contributed by atoms with E-state index < -0.39 is 121 Å². The van der Waals surface area contributed by atoms with Gasteiger partial charge in [-0.15, -0.1) is 0 Å². The molecule has 13 N–H and O–H groups in total. The molecule has 28 heteroatoms. The van der Waals surface area contributed by atoms with Gasteiger partial charge in [-0.3, -0.25) is 24.0 Å². The fraction of sp³-hybridized carbons (Fsp3) is 0.464. The maximum absolute atomic E-state index is 13.5. The van der Waals surface area contributed by atoms with Gasteiger partial charge in [0.25, 0.3) is 35.2 Å². The Hall–Kier alpha value is -7.55. The van der Waals surface area contributed by atoms with Crippen LogP contribution >= 0.6 is 23.5 Å². The molecule has 5 aromatic carbocycles. The lowest BCUT2D eigenvalue weighted by Gasteiger charge is -2.47. The zero-order chi connectivity index (χ0) is 69.9. The summed E-state index contributed by atoms with van der Waals surface area (Å²) >= 11 is 2.93. The second-order valence-electron chi connectivity index (χ2n) is 23.1. The van der Waals surface area contributed by atoms with E-state index in [9.17, 15) is 64.2 Å². The lowest BCUT2D eigenvalue weighted by Crippen LogP contribution is -2.68. The highest BCUT2D eigenvalue weighted by Gasteiger charge is 2.56. The van der Waals surface area contributed by atoms with Crippen molar-refractivity contribution in [1.29, 1.82) is 0 Å². The van der Waals surface area contributed by atoms with E-state index in [0.717, 1.165) is 36.5 Å². The standard InChI is InChI=1S/C69H88N6O20S2/c1-43(76)75-58-53(78)40-69(67(88)90-3,95-61(58)60(82)55(80)42-74-63(84)49-23-19-47(20-24-49)45-15-8-5-9-16-45)93-32-12-34-97-36-29-72-65(86)52-26-25-50(37-56(52)91-30-10-27-70)64(85)71-28-35-96-33-11-31-92-68(66(87)89-2)39-51(77)38-57(94-68)59(81)54(79)41-73-62(83)48-21-17-46(18-22-48)44-13-6-4-7-14-44/h4-9,13-26,37,51,53-55,57-61,77-82H,10-12,27-36,38-42,70H2,1-3H3,(H,71,85)(H,72,86)(H,73,83)(H,74,84)(H,75,76)/t51-,53+,54-,55-,57-,58-,59-,60-,61-,68-,69-/m1/s1. The number of benzene rings is 5. The largest absolute Gasteiger partial charge is 0.493 e. The first-order valence-electron chi connectivity index (χ1n) is 31.9. The number of esters is 2. The maximum Gasteiger partial charge on any atom is 0.366 e. The zero-order valence-electron chi connectivity index (χ0n) is 54.3. The van der Waals surface area contributed by atoms with Gasteiger partial charge in [0.15, 0.2) is 0 Å². The van der Waals surface area contributed by atoms with Crippen molar-refractivity contribution in [3.63, 3.8) is 0 Å². The summed E-state index contributed by atoms with van der Waals surface area (Å²) < 4.78 is 39.9. The van der Waals surface area contributed by atoms with Crippen molar-refractivity contribution in [3.8, 4) is 28.0 Å². The third-order valence-corrected chi connectivity index (χ3v) is 18.1. The fourth-order valence-electron chi connectivity index (χ4n) is 10.9. The fourth-order valence-corrected chi connectivity index (χ4v) is 12.4. The SMILES string of the molecule is COC(=O)[C@@]1(OCCCSCCNC(=O)c2ccc(C(=O)NCCSCCCO[C@]3(C(=O)OC)C[C@H](O)C[C@H]([C@H](O)[C@H](O)CNC(=O)c4ccc(-c5ccccc5)cc4)O3)cc2OCCCN)C[C@H](O)[C@@H](NC(C)=O)[C@H]([C@H](O)[C@H](O)CNC(=O)c2ccc(-c3ccccc3)cc2)O1. The molecule has 11 atom stereocenters. The molecule has 26 nitrogen and oxygen atoms in total. The molecule has 97 heavy (non-hydrogen) atoms. The summed E-state index contributed by atoms with van der Waals surface area (Å²) in [6.07, 6.45) is -12.1. The lowest BCUT2D eigenvalue weighted by molar-refractivity contribution is -0.311. The number of hydrogen-bond donors (Lipinski definition) is 12. The molecular weight excluding hydrogens is 1300 g/mol. The van der Waals surface area contributed by atoms with Gasteiger partial charge in [0.2, 0.25) is 5.91 Å². The molecule has 0 spiro atoms. The van der Waals surface area contributed by atoms with Gasteiger partial charge in [-0.2, -0.15) is 23.5 Å². The van der Waals surface area contributed by atoms with E-state index in [1.165, 1.54) is 48.6 Å². The number of thioether (sulfide) groups is 2. The highest BCUT2D eigenvalue weighted by atomic mass is 32.2. The van der Waals surface area contributed by atoms with Gasteiger partial charge in [0.1, 0.15) is 24.1 Å². The van der Waals surface area contributed by atoms with Gasteiger partial charge < -0.3 is 96.1 Å². The summed E-state index contributed by atoms with van der Waals surface area (Å²) in [5.74, 6) is -6.76. The van der Waals surface area contributed by atoms with Crippen LogP contribution in [-0.2, 0) is 42.8 Å². The van der Waals surface area contributed by atoms with Crippen molar-refractivity contribution in [3.05, 3.63) is 150 Å². The Morgan fingerprint density at radius 1 is 0.567 bits per heavy atom. The van der Waals surface area contributed by atoms with Crippen LogP contribution in [0.1, 0.15) is 86.9 Å². The predicted molar refractivity (Wildman–Crippen MR) is 361 cm³/mol. The second kappa shape index (κ2) is 38.6. The number of rotatable bonds is 37. The van der Waals surface area contributed by atoms with E-state index in [-0.39, 0.29) is 74.7 Å². The molecule has 2 heterocycles. The number of methoxy groups -OCH3 is 2. The molecule has 0 radical (unpaired) electrons.